The van der Waals surface area contributed by atoms with Crippen LogP contribution in [0.4, 0.5) is 10.7 Å². The molecule has 1 fully saturated rings. The third-order valence-electron chi connectivity index (χ3n) is 7.84. The van der Waals surface area contributed by atoms with E-state index in [0.29, 0.717) is 37.6 Å². The normalized spacial score (nSPS) is 17.6. The Kier molecular flexibility index (Phi) is 6.99. The number of hydrogen-bond donors (Lipinski definition) is 2. The summed E-state index contributed by atoms with van der Waals surface area (Å²) in [5.74, 6) is 1.47. The molecule has 2 heterocycles. The van der Waals surface area contributed by atoms with Crippen LogP contribution in [0, 0.1) is 12.8 Å². The van der Waals surface area contributed by atoms with Gasteiger partial charge in [-0.3, -0.25) is 10.1 Å². The molecule has 0 bridgehead atoms. The lowest BCUT2D eigenvalue weighted by molar-refractivity contribution is -0.122. The van der Waals surface area contributed by atoms with Crippen molar-refractivity contribution in [1.29, 1.82) is 0 Å². The maximum atomic E-state index is 13.1. The van der Waals surface area contributed by atoms with Gasteiger partial charge >= 0.3 is 6.03 Å². The molecule has 8 heteroatoms. The van der Waals surface area contributed by atoms with Crippen molar-refractivity contribution in [2.24, 2.45) is 5.92 Å². The molecule has 2 N–H and O–H groups in total. The summed E-state index contributed by atoms with van der Waals surface area (Å²) >= 11 is 0. The van der Waals surface area contributed by atoms with E-state index in [4.69, 9.17) is 9.26 Å². The molecule has 2 aliphatic rings. The number of anilines is 1. The fourth-order valence-corrected chi connectivity index (χ4v) is 5.61. The molecule has 0 saturated heterocycles. The number of carbonyl (C=O) groups is 2. The zero-order chi connectivity index (χ0) is 27.6. The maximum absolute atomic E-state index is 13.1. The minimum Gasteiger partial charge on any atom is -0.497 e. The Bertz CT molecular complexity index is 1550. The monoisotopic (exact) mass is 536 g/mol. The number of nitrogens with one attached hydrogen (secondary N) is 2. The lowest BCUT2D eigenvalue weighted by atomic mass is 9.87. The third kappa shape index (κ3) is 5.30. The van der Waals surface area contributed by atoms with Crippen molar-refractivity contribution in [3.8, 4) is 16.9 Å². The van der Waals surface area contributed by atoms with Gasteiger partial charge in [-0.05, 0) is 71.2 Å². The van der Waals surface area contributed by atoms with E-state index in [2.05, 4.69) is 46.1 Å². The summed E-state index contributed by atoms with van der Waals surface area (Å²) in [6, 6.07) is 23.8. The van der Waals surface area contributed by atoms with Crippen LogP contribution < -0.4 is 15.4 Å². The molecule has 3 aromatic carbocycles. The van der Waals surface area contributed by atoms with Gasteiger partial charge in [0.15, 0.2) is 0 Å². The first-order valence-corrected chi connectivity index (χ1v) is 13.6. The van der Waals surface area contributed by atoms with Crippen molar-refractivity contribution < 1.29 is 18.8 Å². The van der Waals surface area contributed by atoms with Crippen molar-refractivity contribution in [2.45, 2.75) is 38.8 Å². The number of ether oxygens (including phenoxy) is 1. The van der Waals surface area contributed by atoms with Gasteiger partial charge < -0.3 is 19.5 Å². The predicted octanol–water partition coefficient (Wildman–Crippen LogP) is 5.67. The summed E-state index contributed by atoms with van der Waals surface area (Å²) in [5.41, 5.74) is 7.35. The first-order chi connectivity index (χ1) is 19.5. The fraction of sp³-hybridized carbons (Fsp3) is 0.281. The molecule has 1 aliphatic carbocycles. The van der Waals surface area contributed by atoms with Crippen LogP contribution in [0.5, 0.6) is 5.75 Å². The van der Waals surface area contributed by atoms with E-state index >= 15 is 0 Å². The van der Waals surface area contributed by atoms with Crippen molar-refractivity contribution in [2.75, 3.05) is 19.0 Å². The molecule has 4 aromatic rings. The van der Waals surface area contributed by atoms with E-state index < -0.39 is 0 Å². The van der Waals surface area contributed by atoms with Gasteiger partial charge in [0, 0.05) is 31.6 Å². The van der Waals surface area contributed by atoms with E-state index in [1.54, 1.807) is 25.0 Å². The number of nitrogens with zero attached hydrogens (tertiary/aromatic N) is 2. The third-order valence-corrected chi connectivity index (χ3v) is 7.84. The van der Waals surface area contributed by atoms with Crippen molar-refractivity contribution in [1.82, 2.24) is 15.4 Å². The van der Waals surface area contributed by atoms with Crippen LogP contribution in [0.3, 0.4) is 0 Å². The Balaban J connectivity index is 1.24. The predicted molar refractivity (Wildman–Crippen MR) is 152 cm³/mol. The van der Waals surface area contributed by atoms with Gasteiger partial charge in [-0.2, -0.15) is 0 Å². The van der Waals surface area contributed by atoms with Crippen molar-refractivity contribution in [3.05, 3.63) is 101 Å². The van der Waals surface area contributed by atoms with Crippen LogP contribution in [-0.2, 0) is 24.3 Å². The number of methoxy groups -OCH3 is 1. The highest BCUT2D eigenvalue weighted by molar-refractivity contribution is 5.88. The minimum atomic E-state index is -0.243. The maximum Gasteiger partial charge on any atom is 0.324 e. The Labute approximate surface area is 233 Å². The largest absolute Gasteiger partial charge is 0.497 e. The highest BCUT2D eigenvalue weighted by Gasteiger charge is 2.43. The summed E-state index contributed by atoms with van der Waals surface area (Å²) in [5, 5.41) is 9.83. The van der Waals surface area contributed by atoms with E-state index in [-0.39, 0.29) is 23.8 Å². The molecule has 204 valence electrons. The zero-order valence-electron chi connectivity index (χ0n) is 22.6. The van der Waals surface area contributed by atoms with Gasteiger partial charge in [0.2, 0.25) is 11.8 Å². The van der Waals surface area contributed by atoms with Crippen molar-refractivity contribution >= 4 is 17.8 Å². The standard InChI is InChI=1S/C32H32N4O4/c1-20-15-30(40-35-20)34-32(38)36-14-13-26-25(22-9-6-10-24(16-22)39-2)12-11-23(29(26)19-36)18-33-31(37)28-17-27(28)21-7-4-3-5-8-21/h3-12,15-16,27-28H,13-14,17-19H2,1-2H3,(H,33,37)(H,34,38)/t27-,28+/m1/s1. The average Bonchev–Trinajstić information content (AvgIpc) is 3.70. The smallest absolute Gasteiger partial charge is 0.324 e. The summed E-state index contributed by atoms with van der Waals surface area (Å²) in [6.07, 6.45) is 1.56. The minimum absolute atomic E-state index is 0.00178. The number of urea groups is 1. The van der Waals surface area contributed by atoms with Gasteiger partial charge in [-0.25, -0.2) is 4.79 Å². The molecule has 0 radical (unpaired) electrons. The lowest BCUT2D eigenvalue weighted by Crippen LogP contribution is -2.39. The van der Waals surface area contributed by atoms with E-state index in [9.17, 15) is 9.59 Å². The van der Waals surface area contributed by atoms with E-state index in [1.807, 2.05) is 36.4 Å². The number of aryl methyl sites for hydroxylation is 1. The Hall–Kier alpha value is -4.59. The lowest BCUT2D eigenvalue weighted by Gasteiger charge is -2.32. The van der Waals surface area contributed by atoms with Gasteiger partial charge in [0.05, 0.1) is 12.8 Å². The second-order valence-corrected chi connectivity index (χ2v) is 10.5. The second-order valence-electron chi connectivity index (χ2n) is 10.5. The molecule has 8 nitrogen and oxygen atoms in total. The van der Waals surface area contributed by atoms with Gasteiger partial charge in [-0.1, -0.05) is 59.8 Å². The topological polar surface area (TPSA) is 96.7 Å². The molecular weight excluding hydrogens is 504 g/mol. The Morgan fingerprint density at radius 2 is 1.90 bits per heavy atom. The highest BCUT2D eigenvalue weighted by atomic mass is 16.5. The summed E-state index contributed by atoms with van der Waals surface area (Å²) < 4.78 is 10.6. The molecule has 1 aliphatic heterocycles. The zero-order valence-corrected chi connectivity index (χ0v) is 22.6. The second kappa shape index (κ2) is 10.9. The van der Waals surface area contributed by atoms with E-state index in [0.717, 1.165) is 34.4 Å². The van der Waals surface area contributed by atoms with Gasteiger partial charge in [0.1, 0.15) is 5.75 Å². The SMILES string of the molecule is COc1cccc(-c2ccc(CNC(=O)[C@H]3C[C@@H]3c3ccccc3)c3c2CCN(C(=O)Nc2cc(C)no2)C3)c1. The number of fused-ring (bicyclic) bond motifs is 1. The summed E-state index contributed by atoms with van der Waals surface area (Å²) in [6.45, 7) is 3.20. The number of amides is 3. The molecule has 3 amide bonds. The molecular formula is C32H32N4O4. The number of aromatic nitrogens is 1. The van der Waals surface area contributed by atoms with Crippen LogP contribution in [0.25, 0.3) is 11.1 Å². The van der Waals surface area contributed by atoms with Crippen LogP contribution in [0.2, 0.25) is 0 Å². The average molecular weight is 537 g/mol. The van der Waals surface area contributed by atoms with Crippen LogP contribution in [0.15, 0.2) is 77.3 Å². The number of rotatable bonds is 7. The Morgan fingerprint density at radius 3 is 2.67 bits per heavy atom. The van der Waals surface area contributed by atoms with Gasteiger partial charge in [-0.15, -0.1) is 0 Å². The first-order valence-electron chi connectivity index (χ1n) is 13.6. The van der Waals surface area contributed by atoms with Crippen LogP contribution >= 0.6 is 0 Å². The molecule has 40 heavy (non-hydrogen) atoms. The van der Waals surface area contributed by atoms with Crippen LogP contribution in [0.1, 0.15) is 40.3 Å². The summed E-state index contributed by atoms with van der Waals surface area (Å²) in [7, 11) is 1.66. The molecule has 1 saturated carbocycles. The van der Waals surface area contributed by atoms with Crippen LogP contribution in [-0.4, -0.2) is 35.6 Å². The Morgan fingerprint density at radius 1 is 1.05 bits per heavy atom. The molecule has 2 atom stereocenters. The molecule has 0 spiro atoms. The quantitative estimate of drug-likeness (QED) is 0.317. The van der Waals surface area contributed by atoms with E-state index in [1.165, 1.54) is 11.1 Å². The van der Waals surface area contributed by atoms with Crippen molar-refractivity contribution in [3.63, 3.8) is 0 Å². The number of hydrogen-bond acceptors (Lipinski definition) is 5. The summed E-state index contributed by atoms with van der Waals surface area (Å²) in [4.78, 5) is 27.9. The highest BCUT2D eigenvalue weighted by Crippen LogP contribution is 2.47. The number of benzene rings is 3. The number of carbonyl (C=O) groups excluding carboxylic acids is 2. The van der Waals surface area contributed by atoms with Gasteiger partial charge in [0.25, 0.3) is 0 Å². The molecule has 1 aromatic heterocycles. The molecule has 6 rings (SSSR count). The fourth-order valence-electron chi connectivity index (χ4n) is 5.61. The first kappa shape index (κ1) is 25.7. The molecule has 0 unspecified atom stereocenters.